The number of hydrogen-bond acceptors (Lipinski definition) is 6. The van der Waals surface area contributed by atoms with Gasteiger partial charge in [-0.2, -0.15) is 5.10 Å². The molecule has 1 aliphatic heterocycles. The first-order valence-corrected chi connectivity index (χ1v) is 11.6. The van der Waals surface area contributed by atoms with Crippen LogP contribution in [0.4, 0.5) is 5.82 Å². The summed E-state index contributed by atoms with van der Waals surface area (Å²) >= 11 is 1.69. The number of rotatable bonds is 9. The minimum Gasteiger partial charge on any atom is -0.356 e. The Morgan fingerprint density at radius 2 is 1.97 bits per heavy atom. The second-order valence-electron chi connectivity index (χ2n) is 7.49. The van der Waals surface area contributed by atoms with Crippen LogP contribution in [0.3, 0.4) is 0 Å². The molecule has 30 heavy (non-hydrogen) atoms. The summed E-state index contributed by atoms with van der Waals surface area (Å²) in [7, 11) is 0. The van der Waals surface area contributed by atoms with Crippen LogP contribution < -0.4 is 10.2 Å². The van der Waals surface area contributed by atoms with Gasteiger partial charge in [0, 0.05) is 25.4 Å². The molecule has 2 aromatic heterocycles. The highest BCUT2D eigenvalue weighted by Crippen LogP contribution is 2.29. The molecule has 7 nitrogen and oxygen atoms in total. The third kappa shape index (κ3) is 4.92. The maximum Gasteiger partial charge on any atom is 0.224 e. The van der Waals surface area contributed by atoms with Gasteiger partial charge in [-0.3, -0.25) is 4.79 Å². The highest BCUT2D eigenvalue weighted by Gasteiger charge is 2.20. The molecule has 0 unspecified atom stereocenters. The highest BCUT2D eigenvalue weighted by atomic mass is 32.2. The summed E-state index contributed by atoms with van der Waals surface area (Å²) in [5.41, 5.74) is 1.86. The molecular weight excluding hydrogens is 396 g/mol. The number of hydrogen-bond donors (Lipinski definition) is 1. The zero-order valence-corrected chi connectivity index (χ0v) is 18.2. The standard InChI is InChI=1S/C22H28N6OS/c1-2-14-30-22-25-20(27-11-6-7-12-27)18-16-24-28(21(18)26-22)13-10-23-19(29)15-17-8-4-3-5-9-17/h3-5,8-9,16H,2,6-7,10-15H2,1H3,(H,23,29). The van der Waals surface area contributed by atoms with Crippen molar-refractivity contribution >= 4 is 34.5 Å². The summed E-state index contributed by atoms with van der Waals surface area (Å²) in [6.45, 7) is 5.33. The third-order valence-corrected chi connectivity index (χ3v) is 6.20. The molecule has 3 aromatic rings. The van der Waals surface area contributed by atoms with E-state index in [1.165, 1.54) is 12.8 Å². The molecule has 0 saturated carbocycles. The summed E-state index contributed by atoms with van der Waals surface area (Å²) in [6, 6.07) is 9.78. The zero-order chi connectivity index (χ0) is 20.8. The fourth-order valence-electron chi connectivity index (χ4n) is 3.66. The van der Waals surface area contributed by atoms with Crippen molar-refractivity contribution in [2.75, 3.05) is 30.3 Å². The van der Waals surface area contributed by atoms with E-state index in [9.17, 15) is 4.79 Å². The van der Waals surface area contributed by atoms with Gasteiger partial charge >= 0.3 is 0 Å². The van der Waals surface area contributed by atoms with Gasteiger partial charge in [0.05, 0.1) is 24.5 Å². The van der Waals surface area contributed by atoms with Crippen LogP contribution in [-0.4, -0.2) is 51.0 Å². The molecule has 1 aromatic carbocycles. The number of carbonyl (C=O) groups is 1. The van der Waals surface area contributed by atoms with Gasteiger partial charge in [-0.25, -0.2) is 14.6 Å². The van der Waals surface area contributed by atoms with E-state index in [1.54, 1.807) is 11.8 Å². The quantitative estimate of drug-likeness (QED) is 0.420. The van der Waals surface area contributed by atoms with Crippen molar-refractivity contribution in [3.05, 3.63) is 42.1 Å². The lowest BCUT2D eigenvalue weighted by Gasteiger charge is -2.18. The van der Waals surface area contributed by atoms with Gasteiger partial charge in [0.2, 0.25) is 5.91 Å². The fourth-order valence-corrected chi connectivity index (χ4v) is 4.35. The molecule has 0 spiro atoms. The number of amides is 1. The third-order valence-electron chi connectivity index (χ3n) is 5.15. The molecule has 158 valence electrons. The summed E-state index contributed by atoms with van der Waals surface area (Å²) in [5.74, 6) is 2.01. The van der Waals surface area contributed by atoms with Gasteiger partial charge in [0.15, 0.2) is 10.8 Å². The lowest BCUT2D eigenvalue weighted by Crippen LogP contribution is -2.29. The second kappa shape index (κ2) is 9.93. The normalized spacial score (nSPS) is 13.8. The number of anilines is 1. The number of carbonyl (C=O) groups excluding carboxylic acids is 1. The Morgan fingerprint density at radius 3 is 2.73 bits per heavy atom. The summed E-state index contributed by atoms with van der Waals surface area (Å²) < 4.78 is 1.88. The first-order chi connectivity index (χ1) is 14.7. The summed E-state index contributed by atoms with van der Waals surface area (Å²) in [4.78, 5) is 24.2. The second-order valence-corrected chi connectivity index (χ2v) is 8.55. The topological polar surface area (TPSA) is 75.9 Å². The van der Waals surface area contributed by atoms with Gasteiger partial charge in [-0.1, -0.05) is 49.0 Å². The Kier molecular flexibility index (Phi) is 6.84. The Labute approximate surface area is 181 Å². The average Bonchev–Trinajstić information content (AvgIpc) is 3.43. The van der Waals surface area contributed by atoms with Gasteiger partial charge in [0.1, 0.15) is 5.82 Å². The summed E-state index contributed by atoms with van der Waals surface area (Å²) in [5, 5.41) is 9.35. The monoisotopic (exact) mass is 424 g/mol. The van der Waals surface area contributed by atoms with E-state index in [0.717, 1.165) is 52.8 Å². The number of nitrogens with zero attached hydrogens (tertiary/aromatic N) is 5. The number of fused-ring (bicyclic) bond motifs is 1. The van der Waals surface area contributed by atoms with Crippen molar-refractivity contribution in [3.8, 4) is 0 Å². The van der Waals surface area contributed by atoms with Crippen LogP contribution in [0.2, 0.25) is 0 Å². The molecule has 4 rings (SSSR count). The lowest BCUT2D eigenvalue weighted by molar-refractivity contribution is -0.120. The van der Waals surface area contributed by atoms with Crippen LogP contribution in [-0.2, 0) is 17.8 Å². The van der Waals surface area contributed by atoms with E-state index in [-0.39, 0.29) is 5.91 Å². The molecule has 0 atom stereocenters. The molecule has 1 saturated heterocycles. The largest absolute Gasteiger partial charge is 0.356 e. The van der Waals surface area contributed by atoms with E-state index < -0.39 is 0 Å². The number of nitrogens with one attached hydrogen (secondary N) is 1. The van der Waals surface area contributed by atoms with E-state index >= 15 is 0 Å². The molecule has 1 aliphatic rings. The Bertz CT molecular complexity index is 984. The molecule has 3 heterocycles. The minimum atomic E-state index is 0.0178. The van der Waals surface area contributed by atoms with Gasteiger partial charge in [-0.05, 0) is 24.8 Å². The Hall–Kier alpha value is -2.61. The maximum atomic E-state index is 12.2. The van der Waals surface area contributed by atoms with Crippen molar-refractivity contribution in [2.24, 2.45) is 0 Å². The highest BCUT2D eigenvalue weighted by molar-refractivity contribution is 7.99. The van der Waals surface area contributed by atoms with E-state index in [0.29, 0.717) is 19.5 Å². The van der Waals surface area contributed by atoms with Gasteiger partial charge in [0.25, 0.3) is 0 Å². The molecule has 1 amide bonds. The fraction of sp³-hybridized carbons (Fsp3) is 0.455. The lowest BCUT2D eigenvalue weighted by atomic mass is 10.1. The van der Waals surface area contributed by atoms with Crippen molar-refractivity contribution < 1.29 is 4.79 Å². The van der Waals surface area contributed by atoms with Gasteiger partial charge < -0.3 is 10.2 Å². The Balaban J connectivity index is 1.47. The molecule has 1 N–H and O–H groups in total. The van der Waals surface area contributed by atoms with E-state index in [4.69, 9.17) is 9.97 Å². The van der Waals surface area contributed by atoms with Crippen LogP contribution >= 0.6 is 11.8 Å². The van der Waals surface area contributed by atoms with Crippen molar-refractivity contribution in [2.45, 2.75) is 44.3 Å². The molecule has 0 aliphatic carbocycles. The predicted molar refractivity (Wildman–Crippen MR) is 121 cm³/mol. The molecule has 0 bridgehead atoms. The van der Waals surface area contributed by atoms with Crippen molar-refractivity contribution in [1.29, 1.82) is 0 Å². The van der Waals surface area contributed by atoms with Crippen LogP contribution in [0, 0.1) is 0 Å². The number of benzene rings is 1. The average molecular weight is 425 g/mol. The van der Waals surface area contributed by atoms with Crippen LogP contribution in [0.5, 0.6) is 0 Å². The molecule has 0 radical (unpaired) electrons. The van der Waals surface area contributed by atoms with Crippen LogP contribution in [0.25, 0.3) is 11.0 Å². The smallest absolute Gasteiger partial charge is 0.224 e. The SMILES string of the molecule is CCCSc1nc(N2CCCC2)c2cnn(CCNC(=O)Cc3ccccc3)c2n1. The maximum absolute atomic E-state index is 12.2. The molecule has 1 fully saturated rings. The number of thioether (sulfide) groups is 1. The minimum absolute atomic E-state index is 0.0178. The zero-order valence-electron chi connectivity index (χ0n) is 17.4. The molecule has 8 heteroatoms. The Morgan fingerprint density at radius 1 is 1.17 bits per heavy atom. The van der Waals surface area contributed by atoms with Crippen molar-refractivity contribution in [1.82, 2.24) is 25.1 Å². The van der Waals surface area contributed by atoms with E-state index in [2.05, 4.69) is 22.2 Å². The molecular formula is C22H28N6OS. The van der Waals surface area contributed by atoms with Crippen molar-refractivity contribution in [3.63, 3.8) is 0 Å². The van der Waals surface area contributed by atoms with E-state index in [1.807, 2.05) is 41.2 Å². The van der Waals surface area contributed by atoms with Crippen LogP contribution in [0.15, 0.2) is 41.7 Å². The predicted octanol–water partition coefficient (Wildman–Crippen LogP) is 3.29. The van der Waals surface area contributed by atoms with Crippen LogP contribution in [0.1, 0.15) is 31.7 Å². The number of aromatic nitrogens is 4. The first kappa shape index (κ1) is 20.7. The first-order valence-electron chi connectivity index (χ1n) is 10.7. The summed E-state index contributed by atoms with van der Waals surface area (Å²) in [6.07, 6.45) is 5.73. The van der Waals surface area contributed by atoms with Gasteiger partial charge in [-0.15, -0.1) is 0 Å².